The van der Waals surface area contributed by atoms with E-state index < -0.39 is 17.3 Å². The monoisotopic (exact) mass is 253 g/mol. The summed E-state index contributed by atoms with van der Waals surface area (Å²) in [5.41, 5.74) is 1.67. The van der Waals surface area contributed by atoms with Crippen LogP contribution in [0.1, 0.15) is 32.1 Å². The normalized spacial score (nSPS) is 21.3. The molecule has 0 aromatic heterocycles. The minimum atomic E-state index is -0.868. The van der Waals surface area contributed by atoms with Crippen LogP contribution in [0.25, 0.3) is 0 Å². The van der Waals surface area contributed by atoms with Crippen LogP contribution in [-0.4, -0.2) is 35.1 Å². The zero-order chi connectivity index (χ0) is 13.2. The van der Waals surface area contributed by atoms with Crippen molar-refractivity contribution >= 4 is 23.5 Å². The Hall–Kier alpha value is -1.92. The average molecular weight is 253 g/mol. The predicted octanol–water partition coefficient (Wildman–Crippen LogP) is -0.377. The second-order valence-electron chi connectivity index (χ2n) is 4.72. The largest absolute Gasteiger partial charge is 0.481 e. The Balaban J connectivity index is 1.88. The molecule has 1 heterocycles. The first kappa shape index (κ1) is 12.5. The number of carboxylic acids is 1. The number of hydrogen-bond acceptors (Lipinski definition) is 4. The maximum absolute atomic E-state index is 11.7. The highest BCUT2D eigenvalue weighted by Gasteiger charge is 2.44. The molecule has 1 fully saturated rings. The molecule has 7 nitrogen and oxygen atoms in total. The van der Waals surface area contributed by atoms with E-state index in [-0.39, 0.29) is 31.0 Å². The maximum atomic E-state index is 11.7. The molecule has 0 unspecified atom stereocenters. The van der Waals surface area contributed by atoms with Gasteiger partial charge in [-0.3, -0.25) is 14.4 Å². The van der Waals surface area contributed by atoms with E-state index in [0.717, 1.165) is 6.42 Å². The molecule has 1 saturated carbocycles. The zero-order valence-corrected chi connectivity index (χ0v) is 9.86. The topological polar surface area (TPSA) is 108 Å². The van der Waals surface area contributed by atoms with E-state index in [1.165, 1.54) is 0 Å². The highest BCUT2D eigenvalue weighted by Crippen LogP contribution is 2.40. The number of carboxylic acid groups (broad SMARTS) is 1. The van der Waals surface area contributed by atoms with Gasteiger partial charge < -0.3 is 10.4 Å². The van der Waals surface area contributed by atoms with Crippen molar-refractivity contribution in [3.8, 4) is 0 Å². The number of carbonyl (C=O) groups excluding carboxylic acids is 2. The van der Waals surface area contributed by atoms with E-state index in [1.54, 1.807) is 0 Å². The molecule has 18 heavy (non-hydrogen) atoms. The van der Waals surface area contributed by atoms with Crippen LogP contribution in [0.2, 0.25) is 0 Å². The van der Waals surface area contributed by atoms with Crippen molar-refractivity contribution < 1.29 is 19.5 Å². The summed E-state index contributed by atoms with van der Waals surface area (Å²) in [6.07, 6.45) is 2.57. The van der Waals surface area contributed by atoms with Gasteiger partial charge in [-0.05, 0) is 12.8 Å². The molecular formula is C11H15N3O4. The first-order valence-corrected chi connectivity index (χ1v) is 5.90. The third-order valence-corrected chi connectivity index (χ3v) is 3.52. The van der Waals surface area contributed by atoms with E-state index in [0.29, 0.717) is 12.8 Å². The van der Waals surface area contributed by atoms with Crippen molar-refractivity contribution in [1.29, 1.82) is 0 Å². The number of nitrogens with one attached hydrogen (secondary N) is 2. The molecule has 1 aliphatic heterocycles. The van der Waals surface area contributed by atoms with Crippen molar-refractivity contribution in [3.05, 3.63) is 0 Å². The summed E-state index contributed by atoms with van der Waals surface area (Å²) < 4.78 is 0. The smallest absolute Gasteiger partial charge is 0.311 e. The van der Waals surface area contributed by atoms with Gasteiger partial charge in [0, 0.05) is 19.4 Å². The summed E-state index contributed by atoms with van der Waals surface area (Å²) in [6.45, 7) is 0.119. The third-order valence-electron chi connectivity index (χ3n) is 3.52. The summed E-state index contributed by atoms with van der Waals surface area (Å²) >= 11 is 0. The SMILES string of the molecule is O=C1CCC(C(=O)NCC2(C(=O)O)CCC2)=NN1. The lowest BCUT2D eigenvalue weighted by Gasteiger charge is -2.37. The van der Waals surface area contributed by atoms with Gasteiger partial charge in [0.2, 0.25) is 5.91 Å². The van der Waals surface area contributed by atoms with E-state index >= 15 is 0 Å². The Morgan fingerprint density at radius 2 is 2.11 bits per heavy atom. The number of rotatable bonds is 4. The summed E-state index contributed by atoms with van der Waals surface area (Å²) in [6, 6.07) is 0. The molecule has 98 valence electrons. The highest BCUT2D eigenvalue weighted by atomic mass is 16.4. The Morgan fingerprint density at radius 1 is 1.39 bits per heavy atom. The van der Waals surface area contributed by atoms with Crippen LogP contribution in [0.3, 0.4) is 0 Å². The molecule has 0 radical (unpaired) electrons. The first-order valence-electron chi connectivity index (χ1n) is 5.90. The molecule has 7 heteroatoms. The van der Waals surface area contributed by atoms with Crippen molar-refractivity contribution in [2.24, 2.45) is 10.5 Å². The summed E-state index contributed by atoms with van der Waals surface area (Å²) in [5.74, 6) is -1.48. The molecule has 2 aliphatic rings. The maximum Gasteiger partial charge on any atom is 0.311 e. The average Bonchev–Trinajstić information content (AvgIpc) is 2.27. The summed E-state index contributed by atoms with van der Waals surface area (Å²) in [7, 11) is 0. The summed E-state index contributed by atoms with van der Waals surface area (Å²) in [4.78, 5) is 33.7. The predicted molar refractivity (Wildman–Crippen MR) is 61.7 cm³/mol. The van der Waals surface area contributed by atoms with Crippen molar-refractivity contribution in [3.63, 3.8) is 0 Å². The number of nitrogens with zero attached hydrogens (tertiary/aromatic N) is 1. The van der Waals surface area contributed by atoms with E-state index in [4.69, 9.17) is 5.11 Å². The number of hydrogen-bond donors (Lipinski definition) is 3. The molecule has 1 aliphatic carbocycles. The number of carbonyl (C=O) groups is 3. The fourth-order valence-corrected chi connectivity index (χ4v) is 2.06. The van der Waals surface area contributed by atoms with E-state index in [1.807, 2.05) is 0 Å². The molecule has 0 atom stereocenters. The molecule has 0 aromatic carbocycles. The van der Waals surface area contributed by atoms with Gasteiger partial charge >= 0.3 is 5.97 Å². The number of aliphatic carboxylic acids is 1. The van der Waals surface area contributed by atoms with Crippen LogP contribution in [0, 0.1) is 5.41 Å². The van der Waals surface area contributed by atoms with Gasteiger partial charge in [-0.25, -0.2) is 5.43 Å². The van der Waals surface area contributed by atoms with Crippen LogP contribution in [-0.2, 0) is 14.4 Å². The molecule has 3 N–H and O–H groups in total. The van der Waals surface area contributed by atoms with Gasteiger partial charge in [0.25, 0.3) is 5.91 Å². The van der Waals surface area contributed by atoms with E-state index in [9.17, 15) is 14.4 Å². The fraction of sp³-hybridized carbons (Fsp3) is 0.636. The first-order chi connectivity index (χ1) is 8.53. The Morgan fingerprint density at radius 3 is 2.56 bits per heavy atom. The molecular weight excluding hydrogens is 238 g/mol. The van der Waals surface area contributed by atoms with Gasteiger partial charge in [0.1, 0.15) is 5.71 Å². The second kappa shape index (κ2) is 4.75. The van der Waals surface area contributed by atoms with Crippen molar-refractivity contribution in [2.75, 3.05) is 6.54 Å². The second-order valence-corrected chi connectivity index (χ2v) is 4.72. The number of amides is 2. The van der Waals surface area contributed by atoms with Gasteiger partial charge in [-0.15, -0.1) is 0 Å². The molecule has 0 bridgehead atoms. The number of hydrazone groups is 1. The molecule has 0 spiro atoms. The molecule has 2 amide bonds. The standard InChI is InChI=1S/C11H15N3O4/c15-8-3-2-7(13-14-8)9(16)12-6-11(10(17)18)4-1-5-11/h1-6H2,(H,12,16)(H,14,15)(H,17,18). The lowest BCUT2D eigenvalue weighted by molar-refractivity contribution is -0.154. The van der Waals surface area contributed by atoms with Crippen molar-refractivity contribution in [2.45, 2.75) is 32.1 Å². The van der Waals surface area contributed by atoms with Gasteiger partial charge in [0.15, 0.2) is 0 Å². The van der Waals surface area contributed by atoms with Gasteiger partial charge in [-0.1, -0.05) is 6.42 Å². The minimum Gasteiger partial charge on any atom is -0.481 e. The van der Waals surface area contributed by atoms with Crippen LogP contribution in [0.15, 0.2) is 5.10 Å². The lowest BCUT2D eigenvalue weighted by atomic mass is 9.69. The van der Waals surface area contributed by atoms with Gasteiger partial charge in [-0.2, -0.15) is 5.10 Å². The van der Waals surface area contributed by atoms with E-state index in [2.05, 4.69) is 15.8 Å². The van der Waals surface area contributed by atoms with Gasteiger partial charge in [0.05, 0.1) is 5.41 Å². The fourth-order valence-electron chi connectivity index (χ4n) is 2.06. The Bertz CT molecular complexity index is 426. The van der Waals surface area contributed by atoms with Crippen LogP contribution in [0.4, 0.5) is 0 Å². The molecule has 0 saturated heterocycles. The van der Waals surface area contributed by atoms with Crippen LogP contribution in [0.5, 0.6) is 0 Å². The Kier molecular flexibility index (Phi) is 3.31. The quantitative estimate of drug-likeness (QED) is 0.634. The van der Waals surface area contributed by atoms with Crippen LogP contribution < -0.4 is 10.7 Å². The molecule has 0 aromatic rings. The third kappa shape index (κ3) is 2.34. The lowest BCUT2D eigenvalue weighted by Crippen LogP contribution is -2.49. The zero-order valence-electron chi connectivity index (χ0n) is 9.86. The summed E-state index contributed by atoms with van der Waals surface area (Å²) in [5, 5.41) is 15.4. The van der Waals surface area contributed by atoms with Crippen molar-refractivity contribution in [1.82, 2.24) is 10.7 Å². The highest BCUT2D eigenvalue weighted by molar-refractivity contribution is 6.39. The van der Waals surface area contributed by atoms with Crippen LogP contribution >= 0.6 is 0 Å². The Labute approximate surface area is 104 Å². The minimum absolute atomic E-state index is 0.119. The molecule has 2 rings (SSSR count).